The van der Waals surface area contributed by atoms with Crippen LogP contribution in [0.4, 0.5) is 8.78 Å². The average molecular weight is 271 g/mol. The Balaban J connectivity index is 2.47. The van der Waals surface area contributed by atoms with Crippen LogP contribution in [0.1, 0.15) is 42.9 Å². The quantitative estimate of drug-likeness (QED) is 0.744. The zero-order valence-electron chi connectivity index (χ0n) is 11.4. The van der Waals surface area contributed by atoms with E-state index in [9.17, 15) is 8.78 Å². The van der Waals surface area contributed by atoms with Crippen molar-refractivity contribution in [3.05, 3.63) is 59.2 Å². The molecule has 2 aromatic rings. The number of nitrogens with zero attached hydrogens (tertiary/aromatic N) is 1. The van der Waals surface area contributed by atoms with Crippen LogP contribution in [-0.2, 0) is 0 Å². The molecule has 0 saturated carbocycles. The average Bonchev–Trinajstić information content (AvgIpc) is 2.46. The van der Waals surface area contributed by atoms with Gasteiger partial charge < -0.3 is 0 Å². The Morgan fingerprint density at radius 2 is 1.50 bits per heavy atom. The Morgan fingerprint density at radius 1 is 0.900 bits per heavy atom. The molecule has 0 spiro atoms. The maximum absolute atomic E-state index is 13.2. The van der Waals surface area contributed by atoms with E-state index in [0.717, 1.165) is 11.1 Å². The summed E-state index contributed by atoms with van der Waals surface area (Å²) in [4.78, 5) is 0. The van der Waals surface area contributed by atoms with Gasteiger partial charge in [-0.1, -0.05) is 38.1 Å². The van der Waals surface area contributed by atoms with Gasteiger partial charge in [0.2, 0.25) is 0 Å². The van der Waals surface area contributed by atoms with Crippen molar-refractivity contribution in [1.29, 1.82) is 5.26 Å². The minimum Gasteiger partial charge on any atom is -0.205 e. The highest BCUT2D eigenvalue weighted by atomic mass is 19.3. The number of benzene rings is 2. The highest BCUT2D eigenvalue weighted by Crippen LogP contribution is 2.32. The zero-order chi connectivity index (χ0) is 14.7. The van der Waals surface area contributed by atoms with E-state index in [1.807, 2.05) is 26.0 Å². The molecule has 3 heteroatoms. The Hall–Kier alpha value is -2.21. The van der Waals surface area contributed by atoms with Crippen LogP contribution in [0.5, 0.6) is 0 Å². The molecule has 2 aromatic carbocycles. The predicted octanol–water partition coefficient (Wildman–Crippen LogP) is 5.29. The summed E-state index contributed by atoms with van der Waals surface area (Å²) in [6, 6.07) is 14.1. The van der Waals surface area contributed by atoms with E-state index >= 15 is 0 Å². The largest absolute Gasteiger partial charge is 0.264 e. The lowest BCUT2D eigenvalue weighted by molar-refractivity contribution is 0.150. The van der Waals surface area contributed by atoms with Crippen molar-refractivity contribution in [2.24, 2.45) is 0 Å². The SMILES string of the molecule is CC(C)c1ccc(-c2ccc(C#N)cc2)cc1C(F)F. The number of hydrogen-bond acceptors (Lipinski definition) is 1. The van der Waals surface area contributed by atoms with Gasteiger partial charge in [-0.2, -0.15) is 5.26 Å². The van der Waals surface area contributed by atoms with Crippen LogP contribution in [0, 0.1) is 11.3 Å². The fraction of sp³-hybridized carbons (Fsp3) is 0.235. The summed E-state index contributed by atoms with van der Waals surface area (Å²) in [6.45, 7) is 3.81. The third kappa shape index (κ3) is 2.85. The molecule has 0 N–H and O–H groups in total. The molecular weight excluding hydrogens is 256 g/mol. The first kappa shape index (κ1) is 14.2. The van der Waals surface area contributed by atoms with Crippen LogP contribution in [-0.4, -0.2) is 0 Å². The summed E-state index contributed by atoms with van der Waals surface area (Å²) in [7, 11) is 0. The van der Waals surface area contributed by atoms with Gasteiger partial charge in [-0.3, -0.25) is 0 Å². The van der Waals surface area contributed by atoms with E-state index < -0.39 is 6.43 Å². The van der Waals surface area contributed by atoms with Crippen LogP contribution in [0.15, 0.2) is 42.5 Å². The Morgan fingerprint density at radius 3 is 2.00 bits per heavy atom. The summed E-state index contributed by atoms with van der Waals surface area (Å²) in [5.41, 5.74) is 2.90. The molecule has 0 aliphatic rings. The van der Waals surface area contributed by atoms with Gasteiger partial charge in [0.05, 0.1) is 11.6 Å². The van der Waals surface area contributed by atoms with Crippen molar-refractivity contribution >= 4 is 0 Å². The van der Waals surface area contributed by atoms with Crippen LogP contribution < -0.4 is 0 Å². The molecule has 0 aliphatic carbocycles. The smallest absolute Gasteiger partial charge is 0.205 e. The molecule has 0 unspecified atom stereocenters. The number of halogens is 2. The van der Waals surface area contributed by atoms with Crippen LogP contribution in [0.25, 0.3) is 11.1 Å². The molecule has 20 heavy (non-hydrogen) atoms. The minimum atomic E-state index is -2.48. The van der Waals surface area contributed by atoms with Crippen molar-refractivity contribution in [2.75, 3.05) is 0 Å². The van der Waals surface area contributed by atoms with Crippen molar-refractivity contribution < 1.29 is 8.78 Å². The molecule has 0 aliphatic heterocycles. The molecule has 0 bridgehead atoms. The van der Waals surface area contributed by atoms with Gasteiger partial charge >= 0.3 is 0 Å². The number of rotatable bonds is 3. The standard InChI is InChI=1S/C17H15F2N/c1-11(2)15-8-7-14(9-16(15)17(18)19)13-5-3-12(10-20)4-6-13/h3-9,11,17H,1-2H3. The van der Waals surface area contributed by atoms with Gasteiger partial charge in [0.15, 0.2) is 0 Å². The van der Waals surface area contributed by atoms with Crippen molar-refractivity contribution in [3.63, 3.8) is 0 Å². The number of hydrogen-bond donors (Lipinski definition) is 0. The van der Waals surface area contributed by atoms with E-state index in [0.29, 0.717) is 11.1 Å². The first-order valence-electron chi connectivity index (χ1n) is 6.45. The number of alkyl halides is 2. The van der Waals surface area contributed by atoms with Gasteiger partial charge in [-0.15, -0.1) is 0 Å². The maximum atomic E-state index is 13.2. The molecular formula is C17H15F2N. The normalized spacial score (nSPS) is 10.8. The van der Waals surface area contributed by atoms with Crippen molar-refractivity contribution in [3.8, 4) is 17.2 Å². The van der Waals surface area contributed by atoms with Gasteiger partial charge in [0.1, 0.15) is 0 Å². The monoisotopic (exact) mass is 271 g/mol. The molecule has 0 fully saturated rings. The molecule has 0 radical (unpaired) electrons. The molecule has 0 aromatic heterocycles. The fourth-order valence-corrected chi connectivity index (χ4v) is 2.21. The lowest BCUT2D eigenvalue weighted by atomic mass is 9.93. The summed E-state index contributed by atoms with van der Waals surface area (Å²) >= 11 is 0. The molecule has 102 valence electrons. The summed E-state index contributed by atoms with van der Waals surface area (Å²) in [5, 5.41) is 8.76. The van der Waals surface area contributed by atoms with Gasteiger partial charge in [-0.25, -0.2) is 8.78 Å². The summed E-state index contributed by atoms with van der Waals surface area (Å²) in [6.07, 6.45) is -2.48. The van der Waals surface area contributed by atoms with Gasteiger partial charge in [0, 0.05) is 5.56 Å². The van der Waals surface area contributed by atoms with Crippen LogP contribution in [0.3, 0.4) is 0 Å². The third-order valence-electron chi connectivity index (χ3n) is 3.29. The number of nitriles is 1. The zero-order valence-corrected chi connectivity index (χ0v) is 11.4. The highest BCUT2D eigenvalue weighted by molar-refractivity contribution is 5.66. The second-order valence-electron chi connectivity index (χ2n) is 4.99. The molecule has 0 atom stereocenters. The summed E-state index contributed by atoms with van der Waals surface area (Å²) in [5.74, 6) is 0.0639. The second-order valence-corrected chi connectivity index (χ2v) is 4.99. The topological polar surface area (TPSA) is 23.8 Å². The minimum absolute atomic E-state index is 0.0639. The maximum Gasteiger partial charge on any atom is 0.264 e. The Bertz CT molecular complexity index is 637. The van der Waals surface area contributed by atoms with E-state index in [-0.39, 0.29) is 11.5 Å². The van der Waals surface area contributed by atoms with Crippen molar-refractivity contribution in [1.82, 2.24) is 0 Å². The lowest BCUT2D eigenvalue weighted by Gasteiger charge is -2.14. The van der Waals surface area contributed by atoms with E-state index in [1.54, 1.807) is 36.4 Å². The first-order chi connectivity index (χ1) is 9.52. The van der Waals surface area contributed by atoms with Crippen molar-refractivity contribution in [2.45, 2.75) is 26.2 Å². The molecule has 0 saturated heterocycles. The van der Waals surface area contributed by atoms with Gasteiger partial charge in [-0.05, 0) is 40.8 Å². The summed E-state index contributed by atoms with van der Waals surface area (Å²) < 4.78 is 26.3. The Labute approximate surface area is 117 Å². The first-order valence-corrected chi connectivity index (χ1v) is 6.45. The van der Waals surface area contributed by atoms with E-state index in [1.165, 1.54) is 0 Å². The van der Waals surface area contributed by atoms with Gasteiger partial charge in [0.25, 0.3) is 6.43 Å². The highest BCUT2D eigenvalue weighted by Gasteiger charge is 2.16. The lowest BCUT2D eigenvalue weighted by Crippen LogP contribution is -1.97. The molecule has 2 rings (SSSR count). The third-order valence-corrected chi connectivity index (χ3v) is 3.29. The second kappa shape index (κ2) is 5.83. The Kier molecular flexibility index (Phi) is 4.14. The van der Waals surface area contributed by atoms with E-state index in [2.05, 4.69) is 0 Å². The fourth-order valence-electron chi connectivity index (χ4n) is 2.21. The molecule has 0 heterocycles. The van der Waals surface area contributed by atoms with Crippen LogP contribution >= 0.6 is 0 Å². The molecule has 1 nitrogen and oxygen atoms in total. The molecule has 0 amide bonds. The van der Waals surface area contributed by atoms with Crippen LogP contribution in [0.2, 0.25) is 0 Å². The van der Waals surface area contributed by atoms with E-state index in [4.69, 9.17) is 5.26 Å². The predicted molar refractivity (Wildman–Crippen MR) is 75.6 cm³/mol.